The largest absolute Gasteiger partial charge is 0.399 e. The van der Waals surface area contributed by atoms with Crippen LogP contribution >= 0.6 is 11.6 Å². The Morgan fingerprint density at radius 2 is 2.00 bits per heavy atom. The van der Waals surface area contributed by atoms with E-state index in [-0.39, 0.29) is 5.91 Å². The Balaban J connectivity index is 2.04. The van der Waals surface area contributed by atoms with E-state index >= 15 is 0 Å². The first-order chi connectivity index (χ1) is 8.66. The number of halogens is 1. The van der Waals surface area contributed by atoms with Crippen LogP contribution in [0.2, 0.25) is 5.02 Å². The van der Waals surface area contributed by atoms with Gasteiger partial charge in [-0.15, -0.1) is 0 Å². The molecule has 1 heterocycles. The molecule has 0 aliphatic carbocycles. The van der Waals surface area contributed by atoms with Crippen molar-refractivity contribution >= 4 is 23.2 Å². The van der Waals surface area contributed by atoms with Crippen molar-refractivity contribution in [3.63, 3.8) is 0 Å². The van der Waals surface area contributed by atoms with E-state index in [9.17, 15) is 4.79 Å². The van der Waals surface area contributed by atoms with Gasteiger partial charge in [0.15, 0.2) is 0 Å². The Bertz CT molecular complexity index is 557. The number of nitrogens with one attached hydrogen (secondary N) is 1. The molecule has 0 atom stereocenters. The first-order valence-corrected chi connectivity index (χ1v) is 5.77. The molecule has 1 amide bonds. The smallest absolute Gasteiger partial charge is 0.253 e. The molecule has 3 N–H and O–H groups in total. The molecule has 0 unspecified atom stereocenters. The minimum Gasteiger partial charge on any atom is -0.399 e. The summed E-state index contributed by atoms with van der Waals surface area (Å²) in [6.07, 6.45) is 3.36. The average molecular weight is 262 g/mol. The van der Waals surface area contributed by atoms with E-state index in [2.05, 4.69) is 10.3 Å². The fraction of sp³-hybridized carbons (Fsp3) is 0.0769. The van der Waals surface area contributed by atoms with Crippen LogP contribution in [0.15, 0.2) is 42.7 Å². The van der Waals surface area contributed by atoms with Gasteiger partial charge in [0, 0.05) is 24.6 Å². The van der Waals surface area contributed by atoms with Gasteiger partial charge >= 0.3 is 0 Å². The molecule has 1 aromatic carbocycles. The molecule has 1 aromatic heterocycles. The van der Waals surface area contributed by atoms with Gasteiger partial charge in [0.25, 0.3) is 5.91 Å². The van der Waals surface area contributed by atoms with E-state index in [1.807, 2.05) is 12.1 Å². The summed E-state index contributed by atoms with van der Waals surface area (Å²) in [5, 5.41) is 3.13. The summed E-state index contributed by atoms with van der Waals surface area (Å²) >= 11 is 5.96. The van der Waals surface area contributed by atoms with Gasteiger partial charge in [-0.3, -0.25) is 9.78 Å². The van der Waals surface area contributed by atoms with E-state index in [4.69, 9.17) is 17.3 Å². The van der Waals surface area contributed by atoms with Crippen LogP contribution in [-0.4, -0.2) is 10.9 Å². The van der Waals surface area contributed by atoms with E-state index in [1.165, 1.54) is 0 Å². The number of aromatic nitrogens is 1. The van der Waals surface area contributed by atoms with Gasteiger partial charge in [-0.2, -0.15) is 0 Å². The molecule has 0 saturated heterocycles. The molecule has 92 valence electrons. The quantitative estimate of drug-likeness (QED) is 0.833. The summed E-state index contributed by atoms with van der Waals surface area (Å²) in [5.74, 6) is -0.225. The Morgan fingerprint density at radius 3 is 2.67 bits per heavy atom. The van der Waals surface area contributed by atoms with Crippen molar-refractivity contribution in [1.29, 1.82) is 0 Å². The number of benzene rings is 1. The fourth-order valence-corrected chi connectivity index (χ4v) is 1.77. The van der Waals surface area contributed by atoms with Crippen molar-refractivity contribution in [2.75, 3.05) is 5.73 Å². The maximum Gasteiger partial charge on any atom is 0.253 e. The lowest BCUT2D eigenvalue weighted by molar-refractivity contribution is 0.0951. The van der Waals surface area contributed by atoms with Gasteiger partial charge in [-0.25, -0.2) is 0 Å². The van der Waals surface area contributed by atoms with E-state index in [1.54, 1.807) is 30.6 Å². The zero-order chi connectivity index (χ0) is 13.0. The molecule has 0 aliphatic rings. The Hall–Kier alpha value is -2.07. The predicted octanol–water partition coefficient (Wildman–Crippen LogP) is 2.25. The fourth-order valence-electron chi connectivity index (χ4n) is 1.49. The molecule has 0 spiro atoms. The number of carbonyl (C=O) groups excluding carboxylic acids is 1. The Morgan fingerprint density at radius 1 is 1.28 bits per heavy atom. The second-order valence-electron chi connectivity index (χ2n) is 3.78. The number of nitrogens with two attached hydrogens (primary N) is 1. The van der Waals surface area contributed by atoms with Crippen LogP contribution in [0.5, 0.6) is 0 Å². The van der Waals surface area contributed by atoms with Crippen molar-refractivity contribution in [3.8, 4) is 0 Å². The standard InChI is InChI=1S/C13H12ClN3O/c14-12-7-10(15)1-2-11(12)13(18)17-8-9-3-5-16-6-4-9/h1-7H,8,15H2,(H,17,18). The topological polar surface area (TPSA) is 68.0 Å². The average Bonchev–Trinajstić information content (AvgIpc) is 2.37. The molecule has 18 heavy (non-hydrogen) atoms. The van der Waals surface area contributed by atoms with E-state index in [0.717, 1.165) is 5.56 Å². The number of carbonyl (C=O) groups is 1. The minimum atomic E-state index is -0.225. The van der Waals surface area contributed by atoms with Crippen LogP contribution < -0.4 is 11.1 Å². The van der Waals surface area contributed by atoms with Crippen molar-refractivity contribution in [1.82, 2.24) is 10.3 Å². The molecule has 2 rings (SSSR count). The lowest BCUT2D eigenvalue weighted by Crippen LogP contribution is -2.23. The van der Waals surface area contributed by atoms with Gasteiger partial charge in [0.05, 0.1) is 10.6 Å². The molecule has 0 radical (unpaired) electrons. The maximum absolute atomic E-state index is 11.9. The molecule has 0 bridgehead atoms. The Labute approximate surface area is 110 Å². The molecular weight excluding hydrogens is 250 g/mol. The summed E-state index contributed by atoms with van der Waals surface area (Å²) in [5.41, 5.74) is 7.50. The summed E-state index contributed by atoms with van der Waals surface area (Å²) < 4.78 is 0. The highest BCUT2D eigenvalue weighted by Crippen LogP contribution is 2.19. The zero-order valence-corrected chi connectivity index (χ0v) is 10.3. The summed E-state index contributed by atoms with van der Waals surface area (Å²) in [4.78, 5) is 15.8. The van der Waals surface area contributed by atoms with E-state index in [0.29, 0.717) is 22.8 Å². The van der Waals surface area contributed by atoms with Gasteiger partial charge in [-0.1, -0.05) is 11.6 Å². The maximum atomic E-state index is 11.9. The van der Waals surface area contributed by atoms with Crippen LogP contribution in [0.1, 0.15) is 15.9 Å². The highest BCUT2D eigenvalue weighted by atomic mass is 35.5. The zero-order valence-electron chi connectivity index (χ0n) is 9.56. The summed E-state index contributed by atoms with van der Waals surface area (Å²) in [7, 11) is 0. The van der Waals surface area contributed by atoms with Crippen LogP contribution in [0.25, 0.3) is 0 Å². The molecule has 0 saturated carbocycles. The lowest BCUT2D eigenvalue weighted by atomic mass is 10.2. The first kappa shape index (κ1) is 12.4. The van der Waals surface area contributed by atoms with Gasteiger partial charge < -0.3 is 11.1 Å². The molecule has 0 fully saturated rings. The summed E-state index contributed by atoms with van der Waals surface area (Å²) in [6.45, 7) is 0.433. The SMILES string of the molecule is Nc1ccc(C(=O)NCc2ccncc2)c(Cl)c1. The van der Waals surface area contributed by atoms with E-state index < -0.39 is 0 Å². The lowest BCUT2D eigenvalue weighted by Gasteiger charge is -2.07. The second kappa shape index (κ2) is 5.51. The number of hydrogen-bond acceptors (Lipinski definition) is 3. The summed E-state index contributed by atoms with van der Waals surface area (Å²) in [6, 6.07) is 8.49. The molecule has 0 aliphatic heterocycles. The van der Waals surface area contributed by atoms with Gasteiger partial charge in [0.2, 0.25) is 0 Å². The van der Waals surface area contributed by atoms with Crippen LogP contribution in [0.4, 0.5) is 5.69 Å². The van der Waals surface area contributed by atoms with Crippen molar-refractivity contribution < 1.29 is 4.79 Å². The van der Waals surface area contributed by atoms with Crippen molar-refractivity contribution in [2.24, 2.45) is 0 Å². The third kappa shape index (κ3) is 2.99. The number of nitrogens with zero attached hydrogens (tertiary/aromatic N) is 1. The number of nitrogen functional groups attached to an aromatic ring is 1. The Kier molecular flexibility index (Phi) is 3.79. The highest BCUT2D eigenvalue weighted by molar-refractivity contribution is 6.34. The molecular formula is C13H12ClN3O. The number of amides is 1. The van der Waals surface area contributed by atoms with Crippen LogP contribution in [-0.2, 0) is 6.54 Å². The van der Waals surface area contributed by atoms with Crippen molar-refractivity contribution in [2.45, 2.75) is 6.54 Å². The molecule has 4 nitrogen and oxygen atoms in total. The molecule has 5 heteroatoms. The molecule has 2 aromatic rings. The van der Waals surface area contributed by atoms with Crippen LogP contribution in [0.3, 0.4) is 0 Å². The number of pyridine rings is 1. The normalized spacial score (nSPS) is 10.1. The third-order valence-corrected chi connectivity index (χ3v) is 2.75. The van der Waals surface area contributed by atoms with Gasteiger partial charge in [0.1, 0.15) is 0 Å². The number of anilines is 1. The van der Waals surface area contributed by atoms with Crippen molar-refractivity contribution in [3.05, 3.63) is 58.9 Å². The number of rotatable bonds is 3. The first-order valence-electron chi connectivity index (χ1n) is 5.39. The highest BCUT2D eigenvalue weighted by Gasteiger charge is 2.09. The monoisotopic (exact) mass is 261 g/mol. The van der Waals surface area contributed by atoms with Gasteiger partial charge in [-0.05, 0) is 35.9 Å². The third-order valence-electron chi connectivity index (χ3n) is 2.44. The second-order valence-corrected chi connectivity index (χ2v) is 4.18. The number of hydrogen-bond donors (Lipinski definition) is 2. The van der Waals surface area contributed by atoms with Crippen LogP contribution in [0, 0.1) is 0 Å². The predicted molar refractivity (Wildman–Crippen MR) is 71.3 cm³/mol. The minimum absolute atomic E-state index is 0.225.